The molecule has 0 saturated heterocycles. The number of aryl methyl sites for hydroxylation is 1. The minimum atomic E-state index is -0.430. The summed E-state index contributed by atoms with van der Waals surface area (Å²) in [6.07, 6.45) is 1.17. The van der Waals surface area contributed by atoms with Crippen LogP contribution in [0.1, 0.15) is 23.8 Å². The zero-order valence-electron chi connectivity index (χ0n) is 7.55. The van der Waals surface area contributed by atoms with Gasteiger partial charge in [0.25, 0.3) is 0 Å². The second kappa shape index (κ2) is 2.58. The Hall–Kier alpha value is -1.35. The average Bonchev–Trinajstić information content (AvgIpc) is 2.67. The highest BCUT2D eigenvalue weighted by atomic mass is 19.1. The molecule has 2 nitrogen and oxygen atoms in total. The van der Waals surface area contributed by atoms with E-state index in [1.54, 1.807) is 6.07 Å². The first-order chi connectivity index (χ1) is 6.75. The summed E-state index contributed by atoms with van der Waals surface area (Å²) >= 11 is 0. The second-order valence-corrected chi connectivity index (χ2v) is 3.76. The van der Waals surface area contributed by atoms with Gasteiger partial charge in [-0.25, -0.2) is 4.39 Å². The number of halogens is 1. The molecule has 1 atom stereocenters. The Bertz CT molecular complexity index is 503. The van der Waals surface area contributed by atoms with Crippen LogP contribution in [-0.2, 0) is 6.42 Å². The third kappa shape index (κ3) is 0.930. The number of rotatable bonds is 0. The molecule has 2 aromatic rings. The number of H-pyrrole nitrogens is 1. The summed E-state index contributed by atoms with van der Waals surface area (Å²) in [7, 11) is 0. The predicted octanol–water partition coefficient (Wildman–Crippen LogP) is 2.29. The van der Waals surface area contributed by atoms with Gasteiger partial charge in [0, 0.05) is 22.2 Å². The number of aliphatic hydroxyl groups excluding tert-OH is 1. The second-order valence-electron chi connectivity index (χ2n) is 3.76. The molecule has 2 N–H and O–H groups in total. The largest absolute Gasteiger partial charge is 0.388 e. The van der Waals surface area contributed by atoms with Crippen molar-refractivity contribution in [3.8, 4) is 0 Å². The first kappa shape index (κ1) is 8.00. The van der Waals surface area contributed by atoms with Crippen molar-refractivity contribution >= 4 is 10.9 Å². The lowest BCUT2D eigenvalue weighted by atomic mass is 10.1. The number of hydrogen-bond donors (Lipinski definition) is 2. The molecule has 0 radical (unpaired) electrons. The molecule has 1 aliphatic rings. The van der Waals surface area contributed by atoms with Crippen LogP contribution < -0.4 is 0 Å². The fraction of sp³-hybridized carbons (Fsp3) is 0.273. The van der Waals surface area contributed by atoms with Crippen LogP contribution in [0.4, 0.5) is 4.39 Å². The summed E-state index contributed by atoms with van der Waals surface area (Å²) in [6.45, 7) is 0. The molecule has 1 unspecified atom stereocenters. The Kier molecular flexibility index (Phi) is 1.47. The number of benzene rings is 1. The van der Waals surface area contributed by atoms with Gasteiger partial charge in [-0.3, -0.25) is 0 Å². The summed E-state index contributed by atoms with van der Waals surface area (Å²) in [4.78, 5) is 3.21. The van der Waals surface area contributed by atoms with Gasteiger partial charge in [-0.05, 0) is 31.0 Å². The molecule has 3 rings (SSSR count). The highest BCUT2D eigenvalue weighted by Gasteiger charge is 2.24. The van der Waals surface area contributed by atoms with Gasteiger partial charge in [0.15, 0.2) is 0 Å². The molecule has 1 aromatic carbocycles. The van der Waals surface area contributed by atoms with Gasteiger partial charge in [-0.1, -0.05) is 0 Å². The van der Waals surface area contributed by atoms with E-state index in [1.807, 2.05) is 0 Å². The van der Waals surface area contributed by atoms with Gasteiger partial charge in [0.1, 0.15) is 5.82 Å². The third-order valence-electron chi connectivity index (χ3n) is 2.88. The highest BCUT2D eigenvalue weighted by molar-refractivity contribution is 5.85. The van der Waals surface area contributed by atoms with Gasteiger partial charge in [-0.15, -0.1) is 0 Å². The Balaban J connectivity index is 2.38. The normalized spacial score (nSPS) is 20.3. The van der Waals surface area contributed by atoms with E-state index in [0.29, 0.717) is 0 Å². The molecule has 0 aliphatic heterocycles. The Morgan fingerprint density at radius 1 is 1.43 bits per heavy atom. The summed E-state index contributed by atoms with van der Waals surface area (Å²) in [5, 5.41) is 10.5. The molecule has 0 saturated carbocycles. The van der Waals surface area contributed by atoms with Crippen molar-refractivity contribution in [1.29, 1.82) is 0 Å². The fourth-order valence-corrected chi connectivity index (χ4v) is 2.24. The zero-order chi connectivity index (χ0) is 9.71. The van der Waals surface area contributed by atoms with Crippen molar-refractivity contribution in [1.82, 2.24) is 4.98 Å². The number of aliphatic hydroxyl groups is 1. The van der Waals surface area contributed by atoms with Gasteiger partial charge in [0.2, 0.25) is 0 Å². The summed E-state index contributed by atoms with van der Waals surface area (Å²) in [6, 6.07) is 4.63. The standard InChI is InChI=1S/C11H10FNO/c12-6-1-2-8-7(5-6)11-9(13-8)3-4-10(11)14/h1-2,5,10,13-14H,3-4H2. The number of aromatic amines is 1. The molecule has 0 amide bonds. The van der Waals surface area contributed by atoms with E-state index in [4.69, 9.17) is 0 Å². The minimum Gasteiger partial charge on any atom is -0.388 e. The maximum absolute atomic E-state index is 13.0. The van der Waals surface area contributed by atoms with Crippen molar-refractivity contribution in [2.45, 2.75) is 18.9 Å². The molecular formula is C11H10FNO. The molecule has 1 aliphatic carbocycles. The van der Waals surface area contributed by atoms with Crippen LogP contribution in [0.3, 0.4) is 0 Å². The maximum Gasteiger partial charge on any atom is 0.123 e. The predicted molar refractivity (Wildman–Crippen MR) is 51.5 cm³/mol. The number of nitrogens with one attached hydrogen (secondary N) is 1. The quantitative estimate of drug-likeness (QED) is 0.658. The monoisotopic (exact) mass is 191 g/mol. The van der Waals surface area contributed by atoms with Crippen LogP contribution in [0.5, 0.6) is 0 Å². The molecule has 1 aromatic heterocycles. The van der Waals surface area contributed by atoms with E-state index in [-0.39, 0.29) is 5.82 Å². The van der Waals surface area contributed by atoms with Crippen molar-refractivity contribution < 1.29 is 9.50 Å². The van der Waals surface area contributed by atoms with E-state index >= 15 is 0 Å². The lowest BCUT2D eigenvalue weighted by molar-refractivity contribution is 0.181. The first-order valence-corrected chi connectivity index (χ1v) is 4.74. The summed E-state index contributed by atoms with van der Waals surface area (Å²) in [5.74, 6) is -0.251. The van der Waals surface area contributed by atoms with Crippen LogP contribution in [0.2, 0.25) is 0 Å². The SMILES string of the molecule is OC1CCc2[nH]c3ccc(F)cc3c21. The topological polar surface area (TPSA) is 36.0 Å². The Labute approximate surface area is 80.4 Å². The van der Waals surface area contributed by atoms with E-state index in [1.165, 1.54) is 12.1 Å². The van der Waals surface area contributed by atoms with E-state index < -0.39 is 6.10 Å². The molecule has 0 bridgehead atoms. The molecule has 14 heavy (non-hydrogen) atoms. The third-order valence-corrected chi connectivity index (χ3v) is 2.88. The Morgan fingerprint density at radius 3 is 3.14 bits per heavy atom. The lowest BCUT2D eigenvalue weighted by Crippen LogP contribution is -1.89. The number of aromatic nitrogens is 1. The van der Waals surface area contributed by atoms with E-state index in [9.17, 15) is 9.50 Å². The van der Waals surface area contributed by atoms with Crippen LogP contribution in [0.25, 0.3) is 10.9 Å². The van der Waals surface area contributed by atoms with Crippen molar-refractivity contribution in [2.24, 2.45) is 0 Å². The van der Waals surface area contributed by atoms with Gasteiger partial charge in [0.05, 0.1) is 6.10 Å². The van der Waals surface area contributed by atoms with Crippen molar-refractivity contribution in [2.75, 3.05) is 0 Å². The molecule has 0 fully saturated rings. The van der Waals surface area contributed by atoms with Gasteiger partial charge < -0.3 is 10.1 Å². The van der Waals surface area contributed by atoms with E-state index in [0.717, 1.165) is 35.0 Å². The van der Waals surface area contributed by atoms with Crippen LogP contribution in [-0.4, -0.2) is 10.1 Å². The first-order valence-electron chi connectivity index (χ1n) is 4.74. The van der Waals surface area contributed by atoms with Crippen LogP contribution in [0, 0.1) is 5.82 Å². The van der Waals surface area contributed by atoms with Gasteiger partial charge in [-0.2, -0.15) is 0 Å². The summed E-state index contributed by atoms with van der Waals surface area (Å²) in [5.41, 5.74) is 2.85. The summed E-state index contributed by atoms with van der Waals surface area (Å²) < 4.78 is 13.0. The van der Waals surface area contributed by atoms with Crippen molar-refractivity contribution in [3.05, 3.63) is 35.3 Å². The van der Waals surface area contributed by atoms with Crippen molar-refractivity contribution in [3.63, 3.8) is 0 Å². The molecular weight excluding hydrogens is 181 g/mol. The highest BCUT2D eigenvalue weighted by Crippen LogP contribution is 2.36. The number of hydrogen-bond acceptors (Lipinski definition) is 1. The average molecular weight is 191 g/mol. The molecule has 0 spiro atoms. The van der Waals surface area contributed by atoms with Crippen LogP contribution >= 0.6 is 0 Å². The fourth-order valence-electron chi connectivity index (χ4n) is 2.24. The lowest BCUT2D eigenvalue weighted by Gasteiger charge is -2.01. The van der Waals surface area contributed by atoms with E-state index in [2.05, 4.69) is 4.98 Å². The smallest absolute Gasteiger partial charge is 0.123 e. The molecule has 72 valence electrons. The molecule has 1 heterocycles. The minimum absolute atomic E-state index is 0.251. The zero-order valence-corrected chi connectivity index (χ0v) is 7.55. The van der Waals surface area contributed by atoms with Crippen LogP contribution in [0.15, 0.2) is 18.2 Å². The Morgan fingerprint density at radius 2 is 2.29 bits per heavy atom. The number of fused-ring (bicyclic) bond motifs is 3. The molecule has 3 heteroatoms. The maximum atomic E-state index is 13.0. The van der Waals surface area contributed by atoms with Gasteiger partial charge >= 0.3 is 0 Å².